The molecule has 0 saturated heterocycles. The van der Waals surface area contributed by atoms with Crippen molar-refractivity contribution in [3.05, 3.63) is 47.5 Å². The third-order valence-electron chi connectivity index (χ3n) is 2.77. The Hall–Kier alpha value is -2.49. The molecule has 0 saturated carbocycles. The van der Waals surface area contributed by atoms with Gasteiger partial charge >= 0.3 is 0 Å². The molecule has 104 valence electrons. The summed E-state index contributed by atoms with van der Waals surface area (Å²) in [6.45, 7) is 5.48. The summed E-state index contributed by atoms with van der Waals surface area (Å²) >= 11 is 0. The van der Waals surface area contributed by atoms with Gasteiger partial charge in [-0.2, -0.15) is 0 Å². The van der Waals surface area contributed by atoms with Crippen molar-refractivity contribution in [3.63, 3.8) is 0 Å². The highest BCUT2D eigenvalue weighted by Gasteiger charge is 2.05. The van der Waals surface area contributed by atoms with Gasteiger partial charge in [0.2, 0.25) is 5.91 Å². The van der Waals surface area contributed by atoms with Crippen LogP contribution in [0.4, 0.5) is 11.4 Å². The summed E-state index contributed by atoms with van der Waals surface area (Å²) in [6.07, 6.45) is 0. The van der Waals surface area contributed by atoms with E-state index in [0.717, 1.165) is 16.9 Å². The Balaban J connectivity index is 2.27. The number of nitrogens with one attached hydrogen (secondary N) is 1. The van der Waals surface area contributed by atoms with Crippen LogP contribution in [0.15, 0.2) is 36.4 Å². The van der Waals surface area contributed by atoms with E-state index in [1.54, 1.807) is 18.2 Å². The van der Waals surface area contributed by atoms with Crippen LogP contribution in [0.3, 0.4) is 0 Å². The van der Waals surface area contributed by atoms with Crippen LogP contribution in [-0.4, -0.2) is 5.91 Å². The van der Waals surface area contributed by atoms with Gasteiger partial charge in [-0.25, -0.2) is 0 Å². The Bertz CT molecular complexity index is 631. The first-order valence-corrected chi connectivity index (χ1v) is 6.37. The lowest BCUT2D eigenvalue weighted by Crippen LogP contribution is -2.08. The number of anilines is 2. The minimum Gasteiger partial charge on any atom is -0.457 e. The molecule has 0 atom stereocenters. The molecular formula is C16H18N2O2. The number of nitrogens with two attached hydrogens (primary N) is 1. The van der Waals surface area contributed by atoms with Gasteiger partial charge in [0.1, 0.15) is 11.5 Å². The summed E-state index contributed by atoms with van der Waals surface area (Å²) in [5.74, 6) is 1.23. The molecule has 0 bridgehead atoms. The van der Waals surface area contributed by atoms with E-state index in [1.807, 2.05) is 26.0 Å². The molecule has 0 aliphatic rings. The number of hydrogen-bond acceptors (Lipinski definition) is 3. The van der Waals surface area contributed by atoms with E-state index >= 15 is 0 Å². The first-order valence-electron chi connectivity index (χ1n) is 6.37. The smallest absolute Gasteiger partial charge is 0.221 e. The summed E-state index contributed by atoms with van der Waals surface area (Å²) in [4.78, 5) is 11.1. The largest absolute Gasteiger partial charge is 0.457 e. The molecule has 1 amide bonds. The Morgan fingerprint density at radius 1 is 1.05 bits per heavy atom. The van der Waals surface area contributed by atoms with E-state index in [9.17, 15) is 4.79 Å². The van der Waals surface area contributed by atoms with Crippen LogP contribution in [-0.2, 0) is 4.79 Å². The third-order valence-corrected chi connectivity index (χ3v) is 2.77. The number of hydrogen-bond donors (Lipinski definition) is 2. The monoisotopic (exact) mass is 270 g/mol. The summed E-state index contributed by atoms with van der Waals surface area (Å²) < 4.78 is 5.81. The van der Waals surface area contributed by atoms with E-state index in [0.29, 0.717) is 17.1 Å². The Morgan fingerprint density at radius 2 is 1.70 bits per heavy atom. The molecule has 0 radical (unpaired) electrons. The lowest BCUT2D eigenvalue weighted by atomic mass is 10.1. The van der Waals surface area contributed by atoms with Crippen molar-refractivity contribution in [1.29, 1.82) is 0 Å². The van der Waals surface area contributed by atoms with Crippen molar-refractivity contribution in [3.8, 4) is 11.5 Å². The summed E-state index contributed by atoms with van der Waals surface area (Å²) in [5.41, 5.74) is 9.14. The van der Waals surface area contributed by atoms with E-state index in [1.165, 1.54) is 6.92 Å². The van der Waals surface area contributed by atoms with Gasteiger partial charge in [-0.1, -0.05) is 6.07 Å². The van der Waals surface area contributed by atoms with Crippen molar-refractivity contribution in [1.82, 2.24) is 0 Å². The number of aryl methyl sites for hydroxylation is 2. The fourth-order valence-corrected chi connectivity index (χ4v) is 2.02. The Morgan fingerprint density at radius 3 is 2.30 bits per heavy atom. The number of benzene rings is 2. The van der Waals surface area contributed by atoms with Crippen LogP contribution < -0.4 is 15.8 Å². The van der Waals surface area contributed by atoms with Crippen molar-refractivity contribution in [2.75, 3.05) is 11.1 Å². The van der Waals surface area contributed by atoms with Gasteiger partial charge in [-0.3, -0.25) is 4.79 Å². The van der Waals surface area contributed by atoms with Crippen LogP contribution in [0.2, 0.25) is 0 Å². The number of carbonyl (C=O) groups is 1. The van der Waals surface area contributed by atoms with Gasteiger partial charge in [0.25, 0.3) is 0 Å². The predicted molar refractivity (Wildman–Crippen MR) is 81.1 cm³/mol. The number of rotatable bonds is 3. The van der Waals surface area contributed by atoms with Crippen LogP contribution in [0.25, 0.3) is 0 Å². The molecule has 0 unspecified atom stereocenters. The van der Waals surface area contributed by atoms with E-state index in [-0.39, 0.29) is 5.91 Å². The average Bonchev–Trinajstić information content (AvgIpc) is 2.31. The molecule has 0 heterocycles. The highest BCUT2D eigenvalue weighted by atomic mass is 16.5. The number of amides is 1. The standard InChI is InChI=1S/C16H18N2O2/c1-10-6-11(2)8-14(7-10)20-13-4-5-15(17)16(9-13)18-12(3)19/h4-9H,17H2,1-3H3,(H,18,19). The number of ether oxygens (including phenoxy) is 1. The maximum atomic E-state index is 11.1. The molecular weight excluding hydrogens is 252 g/mol. The summed E-state index contributed by atoms with van der Waals surface area (Å²) in [5, 5.41) is 2.68. The van der Waals surface area contributed by atoms with E-state index in [2.05, 4.69) is 11.4 Å². The molecule has 3 N–H and O–H groups in total. The number of nitrogen functional groups attached to an aromatic ring is 1. The minimum absolute atomic E-state index is 0.166. The summed E-state index contributed by atoms with van der Waals surface area (Å²) in [7, 11) is 0. The molecule has 4 nitrogen and oxygen atoms in total. The maximum absolute atomic E-state index is 11.1. The Kier molecular flexibility index (Phi) is 3.94. The van der Waals surface area contributed by atoms with Crippen LogP contribution >= 0.6 is 0 Å². The molecule has 0 aliphatic heterocycles. The predicted octanol–water partition coefficient (Wildman–Crippen LogP) is 3.64. The normalized spacial score (nSPS) is 10.2. The van der Waals surface area contributed by atoms with Crippen LogP contribution in [0.5, 0.6) is 11.5 Å². The van der Waals surface area contributed by atoms with Gasteiger partial charge in [-0.05, 0) is 49.2 Å². The zero-order valence-electron chi connectivity index (χ0n) is 11.9. The lowest BCUT2D eigenvalue weighted by molar-refractivity contribution is -0.114. The topological polar surface area (TPSA) is 64.3 Å². The second-order valence-electron chi connectivity index (χ2n) is 4.86. The zero-order valence-corrected chi connectivity index (χ0v) is 11.9. The molecule has 0 fully saturated rings. The fraction of sp³-hybridized carbons (Fsp3) is 0.188. The average molecular weight is 270 g/mol. The first-order chi connectivity index (χ1) is 9.44. The van der Waals surface area contributed by atoms with Crippen LogP contribution in [0.1, 0.15) is 18.1 Å². The second kappa shape index (κ2) is 5.65. The number of carbonyl (C=O) groups excluding carboxylic acids is 1. The van der Waals surface area contributed by atoms with Gasteiger partial charge < -0.3 is 15.8 Å². The molecule has 2 aromatic rings. The van der Waals surface area contributed by atoms with Crippen LogP contribution in [0, 0.1) is 13.8 Å². The molecule has 4 heteroatoms. The van der Waals surface area contributed by atoms with Gasteiger partial charge in [0.05, 0.1) is 11.4 Å². The van der Waals surface area contributed by atoms with Crippen molar-refractivity contribution < 1.29 is 9.53 Å². The van der Waals surface area contributed by atoms with Gasteiger partial charge in [-0.15, -0.1) is 0 Å². The van der Waals surface area contributed by atoms with Gasteiger partial charge in [0, 0.05) is 13.0 Å². The third kappa shape index (κ3) is 3.51. The highest BCUT2D eigenvalue weighted by molar-refractivity contribution is 5.92. The molecule has 0 spiro atoms. The Labute approximate surface area is 118 Å². The highest BCUT2D eigenvalue weighted by Crippen LogP contribution is 2.29. The van der Waals surface area contributed by atoms with Crippen molar-refractivity contribution in [2.45, 2.75) is 20.8 Å². The molecule has 20 heavy (non-hydrogen) atoms. The van der Waals surface area contributed by atoms with E-state index < -0.39 is 0 Å². The first kappa shape index (κ1) is 13.9. The second-order valence-corrected chi connectivity index (χ2v) is 4.86. The minimum atomic E-state index is -0.166. The molecule has 2 aromatic carbocycles. The molecule has 0 aromatic heterocycles. The quantitative estimate of drug-likeness (QED) is 0.837. The summed E-state index contributed by atoms with van der Waals surface area (Å²) in [6, 6.07) is 11.2. The molecule has 2 rings (SSSR count). The SMILES string of the molecule is CC(=O)Nc1cc(Oc2cc(C)cc(C)c2)ccc1N. The van der Waals surface area contributed by atoms with E-state index in [4.69, 9.17) is 10.5 Å². The maximum Gasteiger partial charge on any atom is 0.221 e. The lowest BCUT2D eigenvalue weighted by Gasteiger charge is -2.11. The van der Waals surface area contributed by atoms with Crippen molar-refractivity contribution in [2.24, 2.45) is 0 Å². The molecule has 0 aliphatic carbocycles. The fourth-order valence-electron chi connectivity index (χ4n) is 2.02. The van der Waals surface area contributed by atoms with Gasteiger partial charge in [0.15, 0.2) is 0 Å². The zero-order chi connectivity index (χ0) is 14.7. The van der Waals surface area contributed by atoms with Crippen molar-refractivity contribution >= 4 is 17.3 Å².